The highest BCUT2D eigenvalue weighted by Crippen LogP contribution is 2.21. The normalized spacial score (nSPS) is 10.9. The van der Waals surface area contributed by atoms with E-state index in [4.69, 9.17) is 16.3 Å². The lowest BCUT2D eigenvalue weighted by Crippen LogP contribution is -2.06. The van der Waals surface area contributed by atoms with Crippen LogP contribution in [0, 0.1) is 0 Å². The van der Waals surface area contributed by atoms with Crippen molar-refractivity contribution in [1.82, 2.24) is 15.0 Å². The zero-order chi connectivity index (χ0) is 16.4. The van der Waals surface area contributed by atoms with Crippen molar-refractivity contribution in [2.24, 2.45) is 0 Å². The number of ether oxygens (including phenoxy) is 1. The molecule has 0 saturated heterocycles. The maximum Gasteiger partial charge on any atom is 0.359 e. The van der Waals surface area contributed by atoms with E-state index in [1.165, 1.54) is 0 Å². The largest absolute Gasteiger partial charge is 0.461 e. The summed E-state index contributed by atoms with van der Waals surface area (Å²) in [5, 5.41) is 1.56. The van der Waals surface area contributed by atoms with Crippen LogP contribution in [0.4, 0.5) is 0 Å². The minimum atomic E-state index is -0.448. The smallest absolute Gasteiger partial charge is 0.359 e. The van der Waals surface area contributed by atoms with Crippen molar-refractivity contribution in [2.75, 3.05) is 6.61 Å². The number of nitrogens with one attached hydrogen (secondary N) is 1. The molecule has 0 unspecified atom stereocenters. The maximum absolute atomic E-state index is 11.8. The van der Waals surface area contributed by atoms with Gasteiger partial charge in [-0.2, -0.15) is 0 Å². The average Bonchev–Trinajstić information content (AvgIpc) is 2.87. The van der Waals surface area contributed by atoms with Gasteiger partial charge in [-0.05, 0) is 46.6 Å². The van der Waals surface area contributed by atoms with Gasteiger partial charge in [-0.3, -0.25) is 4.98 Å². The lowest BCUT2D eigenvalue weighted by atomic mass is 10.1. The molecule has 118 valence electrons. The lowest BCUT2D eigenvalue weighted by Gasteiger charge is -2.02. The molecule has 0 amide bonds. The van der Waals surface area contributed by atoms with Crippen molar-refractivity contribution in [3.63, 3.8) is 0 Å². The summed E-state index contributed by atoms with van der Waals surface area (Å²) in [6.45, 7) is 2.07. The lowest BCUT2D eigenvalue weighted by molar-refractivity contribution is 0.0519. The topological polar surface area (TPSA) is 67.9 Å². The number of fused-ring (bicyclic) bond motifs is 1. The summed E-state index contributed by atoms with van der Waals surface area (Å²) in [4.78, 5) is 23.4. The van der Waals surface area contributed by atoms with Crippen LogP contribution in [0.2, 0.25) is 5.02 Å². The third-order valence-electron chi connectivity index (χ3n) is 3.26. The Hall–Kier alpha value is -1.92. The van der Waals surface area contributed by atoms with Gasteiger partial charge in [-0.1, -0.05) is 17.7 Å². The zero-order valence-corrected chi connectivity index (χ0v) is 14.6. The Morgan fingerprint density at radius 2 is 2.22 bits per heavy atom. The van der Waals surface area contributed by atoms with Crippen LogP contribution in [0.15, 0.2) is 35.1 Å². The van der Waals surface area contributed by atoms with E-state index in [0.29, 0.717) is 28.5 Å². The van der Waals surface area contributed by atoms with Gasteiger partial charge in [0.25, 0.3) is 0 Å². The third-order valence-corrected chi connectivity index (χ3v) is 4.04. The number of imidazole rings is 1. The number of esters is 1. The SMILES string of the molecule is CCOC(=O)c1nc(Cc2ccc3ncc(Cl)cc3c2)[nH]c1Br. The first-order valence-electron chi connectivity index (χ1n) is 7.02. The molecule has 0 aliphatic rings. The molecule has 2 heterocycles. The summed E-state index contributed by atoms with van der Waals surface area (Å²) in [7, 11) is 0. The molecule has 7 heteroatoms. The van der Waals surface area contributed by atoms with Gasteiger partial charge in [-0.15, -0.1) is 0 Å². The summed E-state index contributed by atoms with van der Waals surface area (Å²) >= 11 is 9.29. The van der Waals surface area contributed by atoms with E-state index in [-0.39, 0.29) is 5.69 Å². The fourth-order valence-electron chi connectivity index (χ4n) is 2.27. The molecule has 3 rings (SSSR count). The molecule has 0 aliphatic heterocycles. The zero-order valence-electron chi connectivity index (χ0n) is 12.3. The third kappa shape index (κ3) is 3.54. The molecule has 1 aromatic carbocycles. The highest BCUT2D eigenvalue weighted by molar-refractivity contribution is 9.10. The Morgan fingerprint density at radius 3 is 3.00 bits per heavy atom. The van der Waals surface area contributed by atoms with Crippen molar-refractivity contribution >= 4 is 44.4 Å². The predicted octanol–water partition coefficient (Wildman–Crippen LogP) is 4.14. The van der Waals surface area contributed by atoms with Crippen LogP contribution in [-0.2, 0) is 11.2 Å². The van der Waals surface area contributed by atoms with Crippen LogP contribution < -0.4 is 0 Å². The number of nitrogens with zero attached hydrogens (tertiary/aromatic N) is 2. The van der Waals surface area contributed by atoms with Gasteiger partial charge >= 0.3 is 5.97 Å². The van der Waals surface area contributed by atoms with Crippen LogP contribution in [0.25, 0.3) is 10.9 Å². The number of pyridine rings is 1. The van der Waals surface area contributed by atoms with Crippen LogP contribution in [-0.4, -0.2) is 27.5 Å². The molecule has 0 radical (unpaired) electrons. The van der Waals surface area contributed by atoms with Gasteiger partial charge in [0.15, 0.2) is 5.69 Å². The number of aromatic amines is 1. The quantitative estimate of drug-likeness (QED) is 0.675. The summed E-state index contributed by atoms with van der Waals surface area (Å²) in [5.41, 5.74) is 2.18. The molecule has 0 bridgehead atoms. The maximum atomic E-state index is 11.8. The molecule has 0 aliphatic carbocycles. The molecule has 0 atom stereocenters. The van der Waals surface area contributed by atoms with E-state index in [2.05, 4.69) is 30.9 Å². The number of benzene rings is 1. The number of aromatic nitrogens is 3. The van der Waals surface area contributed by atoms with Gasteiger partial charge in [-0.25, -0.2) is 9.78 Å². The van der Waals surface area contributed by atoms with Crippen LogP contribution in [0.1, 0.15) is 28.8 Å². The van der Waals surface area contributed by atoms with Gasteiger partial charge in [0.2, 0.25) is 0 Å². The number of H-pyrrole nitrogens is 1. The second kappa shape index (κ2) is 6.68. The Kier molecular flexibility index (Phi) is 4.63. The summed E-state index contributed by atoms with van der Waals surface area (Å²) in [6, 6.07) is 7.79. The van der Waals surface area contributed by atoms with E-state index in [1.807, 2.05) is 24.3 Å². The number of hydrogen-bond acceptors (Lipinski definition) is 4. The minimum absolute atomic E-state index is 0.257. The first kappa shape index (κ1) is 16.0. The van der Waals surface area contributed by atoms with E-state index in [1.54, 1.807) is 13.1 Å². The first-order chi connectivity index (χ1) is 11.1. The fourth-order valence-corrected chi connectivity index (χ4v) is 2.92. The van der Waals surface area contributed by atoms with Gasteiger partial charge in [0.05, 0.1) is 17.1 Å². The van der Waals surface area contributed by atoms with Gasteiger partial charge in [0.1, 0.15) is 10.4 Å². The van der Waals surface area contributed by atoms with Gasteiger partial charge < -0.3 is 9.72 Å². The molecular formula is C16H13BrClN3O2. The van der Waals surface area contributed by atoms with E-state index in [0.717, 1.165) is 16.5 Å². The number of hydrogen-bond donors (Lipinski definition) is 1. The molecule has 0 fully saturated rings. The Morgan fingerprint density at radius 1 is 1.39 bits per heavy atom. The molecule has 2 aromatic heterocycles. The van der Waals surface area contributed by atoms with Crippen molar-refractivity contribution in [2.45, 2.75) is 13.3 Å². The number of carbonyl (C=O) groups is 1. The summed E-state index contributed by atoms with van der Waals surface area (Å²) < 4.78 is 5.49. The molecule has 0 spiro atoms. The molecule has 3 aromatic rings. The molecule has 5 nitrogen and oxygen atoms in total. The summed E-state index contributed by atoms with van der Waals surface area (Å²) in [6.07, 6.45) is 2.18. The standard InChI is InChI=1S/C16H13BrClN3O2/c1-2-23-16(22)14-15(17)21-13(20-14)6-9-3-4-12-10(5-9)7-11(18)8-19-12/h3-5,7-8H,2,6H2,1H3,(H,20,21). The number of halogens is 2. The second-order valence-corrected chi connectivity index (χ2v) is 6.15. The Labute approximate surface area is 146 Å². The molecular weight excluding hydrogens is 382 g/mol. The molecule has 0 saturated carbocycles. The summed E-state index contributed by atoms with van der Waals surface area (Å²) in [5.74, 6) is 0.227. The van der Waals surface area contributed by atoms with Crippen LogP contribution in [0.5, 0.6) is 0 Å². The van der Waals surface area contributed by atoms with Crippen LogP contribution in [0.3, 0.4) is 0 Å². The Balaban J connectivity index is 1.87. The van der Waals surface area contributed by atoms with E-state index in [9.17, 15) is 4.79 Å². The highest BCUT2D eigenvalue weighted by Gasteiger charge is 2.17. The molecule has 23 heavy (non-hydrogen) atoms. The van der Waals surface area contributed by atoms with Gasteiger partial charge in [0, 0.05) is 18.0 Å². The number of rotatable bonds is 4. The molecule has 1 N–H and O–H groups in total. The predicted molar refractivity (Wildman–Crippen MR) is 91.8 cm³/mol. The second-order valence-electron chi connectivity index (χ2n) is 4.92. The minimum Gasteiger partial charge on any atom is -0.461 e. The van der Waals surface area contributed by atoms with Crippen molar-refractivity contribution in [3.05, 3.63) is 57.2 Å². The fraction of sp³-hybridized carbons (Fsp3) is 0.188. The highest BCUT2D eigenvalue weighted by atomic mass is 79.9. The number of carbonyl (C=O) groups excluding carboxylic acids is 1. The van der Waals surface area contributed by atoms with Crippen molar-refractivity contribution < 1.29 is 9.53 Å². The average molecular weight is 395 g/mol. The van der Waals surface area contributed by atoms with Crippen LogP contribution >= 0.6 is 27.5 Å². The monoisotopic (exact) mass is 393 g/mol. The Bertz CT molecular complexity index is 879. The van der Waals surface area contributed by atoms with Crippen molar-refractivity contribution in [3.8, 4) is 0 Å². The van der Waals surface area contributed by atoms with E-state index < -0.39 is 5.97 Å². The first-order valence-corrected chi connectivity index (χ1v) is 8.19. The van der Waals surface area contributed by atoms with Crippen molar-refractivity contribution in [1.29, 1.82) is 0 Å². The van der Waals surface area contributed by atoms with E-state index >= 15 is 0 Å².